The van der Waals surface area contributed by atoms with Crippen molar-refractivity contribution in [2.75, 3.05) is 11.5 Å². The first-order valence-electron chi connectivity index (χ1n) is 5.97. The van der Waals surface area contributed by atoms with Gasteiger partial charge in [-0.3, -0.25) is 0 Å². The minimum atomic E-state index is 0.819. The summed E-state index contributed by atoms with van der Waals surface area (Å²) in [7, 11) is 0. The van der Waals surface area contributed by atoms with Crippen molar-refractivity contribution in [1.82, 2.24) is 0 Å². The third kappa shape index (κ3) is 1.02. The van der Waals surface area contributed by atoms with Crippen LogP contribution in [0.25, 0.3) is 32.3 Å². The summed E-state index contributed by atoms with van der Waals surface area (Å²) in [6.07, 6.45) is 0. The Morgan fingerprint density at radius 3 is 1.33 bits per heavy atom. The Kier molecular flexibility index (Phi) is 1.61. The van der Waals surface area contributed by atoms with Gasteiger partial charge in [0.2, 0.25) is 0 Å². The van der Waals surface area contributed by atoms with Crippen LogP contribution in [0.3, 0.4) is 0 Å². The van der Waals surface area contributed by atoms with Gasteiger partial charge in [0.05, 0.1) is 0 Å². The average molecular weight is 232 g/mol. The average Bonchev–Trinajstić information content (AvgIpc) is 2.40. The van der Waals surface area contributed by atoms with E-state index in [1.807, 2.05) is 12.1 Å². The highest BCUT2D eigenvalue weighted by Gasteiger charge is 2.10. The highest BCUT2D eigenvalue weighted by atomic mass is 14.6. The van der Waals surface area contributed by atoms with E-state index in [9.17, 15) is 0 Å². The predicted octanol–water partition coefficient (Wildman–Crippen LogP) is 3.75. The number of hydrogen-bond acceptors (Lipinski definition) is 2. The summed E-state index contributed by atoms with van der Waals surface area (Å²) < 4.78 is 0. The van der Waals surface area contributed by atoms with Crippen LogP contribution in [0.15, 0.2) is 48.5 Å². The van der Waals surface area contributed by atoms with E-state index < -0.39 is 0 Å². The number of anilines is 2. The van der Waals surface area contributed by atoms with Crippen molar-refractivity contribution < 1.29 is 0 Å². The Labute approximate surface area is 104 Å². The zero-order valence-electron chi connectivity index (χ0n) is 9.77. The molecule has 0 spiro atoms. The lowest BCUT2D eigenvalue weighted by molar-refractivity contribution is 1.75. The summed E-state index contributed by atoms with van der Waals surface area (Å²) in [5, 5.41) is 7.08. The Morgan fingerprint density at radius 2 is 0.889 bits per heavy atom. The number of rotatable bonds is 0. The Hall–Kier alpha value is -2.48. The van der Waals surface area contributed by atoms with Crippen LogP contribution in [0, 0.1) is 0 Å². The van der Waals surface area contributed by atoms with Gasteiger partial charge in [-0.25, -0.2) is 0 Å². The molecule has 86 valence electrons. The van der Waals surface area contributed by atoms with Crippen LogP contribution in [-0.4, -0.2) is 0 Å². The van der Waals surface area contributed by atoms with Gasteiger partial charge in [0.25, 0.3) is 0 Å². The molecule has 4 aromatic rings. The molecule has 18 heavy (non-hydrogen) atoms. The molecule has 4 rings (SSSR count). The molecule has 0 amide bonds. The topological polar surface area (TPSA) is 52.0 Å². The summed E-state index contributed by atoms with van der Waals surface area (Å²) in [6, 6.07) is 16.5. The Bertz CT molecular complexity index is 818. The summed E-state index contributed by atoms with van der Waals surface area (Å²) >= 11 is 0. The molecule has 0 saturated carbocycles. The van der Waals surface area contributed by atoms with Crippen LogP contribution in [0.4, 0.5) is 11.4 Å². The molecule has 0 unspecified atom stereocenters. The van der Waals surface area contributed by atoms with Gasteiger partial charge >= 0.3 is 0 Å². The van der Waals surface area contributed by atoms with Crippen molar-refractivity contribution >= 4 is 43.7 Å². The molecule has 0 radical (unpaired) electrons. The monoisotopic (exact) mass is 232 g/mol. The van der Waals surface area contributed by atoms with E-state index in [1.54, 1.807) is 0 Å². The minimum Gasteiger partial charge on any atom is -0.398 e. The molecule has 2 nitrogen and oxygen atoms in total. The molecule has 0 aliphatic carbocycles. The summed E-state index contributed by atoms with van der Waals surface area (Å²) in [5.74, 6) is 0. The van der Waals surface area contributed by atoms with Gasteiger partial charge in [-0.05, 0) is 33.7 Å². The number of nitrogen functional groups attached to an aromatic ring is 2. The van der Waals surface area contributed by atoms with Crippen LogP contribution >= 0.6 is 0 Å². The zero-order valence-corrected chi connectivity index (χ0v) is 9.77. The SMILES string of the molecule is Nc1ccc2ccc3c(N)ccc4ccc1c2c43. The van der Waals surface area contributed by atoms with E-state index in [1.165, 1.54) is 21.5 Å². The van der Waals surface area contributed by atoms with E-state index in [0.717, 1.165) is 22.1 Å². The number of nitrogens with two attached hydrogens (primary N) is 2. The van der Waals surface area contributed by atoms with Crippen LogP contribution in [0.1, 0.15) is 0 Å². The van der Waals surface area contributed by atoms with E-state index in [0.29, 0.717) is 0 Å². The largest absolute Gasteiger partial charge is 0.398 e. The smallest absolute Gasteiger partial charge is 0.0394 e. The summed E-state index contributed by atoms with van der Waals surface area (Å²) in [6.45, 7) is 0. The molecule has 4 N–H and O–H groups in total. The fourth-order valence-electron chi connectivity index (χ4n) is 2.85. The quantitative estimate of drug-likeness (QED) is 0.358. The van der Waals surface area contributed by atoms with E-state index in [4.69, 9.17) is 11.5 Å². The molecule has 2 heteroatoms. The Morgan fingerprint density at radius 1 is 0.500 bits per heavy atom. The van der Waals surface area contributed by atoms with Crippen LogP contribution in [0.2, 0.25) is 0 Å². The van der Waals surface area contributed by atoms with Crippen molar-refractivity contribution in [1.29, 1.82) is 0 Å². The maximum Gasteiger partial charge on any atom is 0.0394 e. The lowest BCUT2D eigenvalue weighted by Crippen LogP contribution is -1.92. The minimum absolute atomic E-state index is 0.819. The van der Waals surface area contributed by atoms with Gasteiger partial charge in [-0.1, -0.05) is 36.4 Å². The first kappa shape index (κ1) is 9.54. The highest BCUT2D eigenvalue weighted by molar-refractivity contribution is 6.26. The van der Waals surface area contributed by atoms with Gasteiger partial charge < -0.3 is 11.5 Å². The fraction of sp³-hybridized carbons (Fsp3) is 0. The van der Waals surface area contributed by atoms with Crippen LogP contribution in [0.5, 0.6) is 0 Å². The standard InChI is InChI=1S/C16H12N2/c17-13-8-4-10-2-6-12-14(18)7-3-9-1-5-11(13)16(10)15(9)12/h1-8H,17-18H2. The second-order valence-electron chi connectivity index (χ2n) is 4.73. The van der Waals surface area contributed by atoms with Crippen molar-refractivity contribution in [3.05, 3.63) is 48.5 Å². The first-order valence-corrected chi connectivity index (χ1v) is 5.97. The van der Waals surface area contributed by atoms with Gasteiger partial charge in [0.15, 0.2) is 0 Å². The first-order chi connectivity index (χ1) is 8.75. The highest BCUT2D eigenvalue weighted by Crippen LogP contribution is 2.38. The van der Waals surface area contributed by atoms with Crippen LogP contribution in [-0.2, 0) is 0 Å². The molecular formula is C16H12N2. The predicted molar refractivity (Wildman–Crippen MR) is 79.0 cm³/mol. The summed E-state index contributed by atoms with van der Waals surface area (Å²) in [5.41, 5.74) is 13.8. The summed E-state index contributed by atoms with van der Waals surface area (Å²) in [4.78, 5) is 0. The molecule has 0 aliphatic rings. The molecular weight excluding hydrogens is 220 g/mol. The zero-order chi connectivity index (χ0) is 12.3. The number of hydrogen-bond donors (Lipinski definition) is 2. The van der Waals surface area contributed by atoms with Crippen molar-refractivity contribution in [3.8, 4) is 0 Å². The van der Waals surface area contributed by atoms with Gasteiger partial charge in [-0.2, -0.15) is 0 Å². The third-order valence-corrected chi connectivity index (χ3v) is 3.73. The molecule has 0 bridgehead atoms. The molecule has 0 aliphatic heterocycles. The van der Waals surface area contributed by atoms with Crippen molar-refractivity contribution in [3.63, 3.8) is 0 Å². The van der Waals surface area contributed by atoms with Gasteiger partial charge in [0, 0.05) is 22.1 Å². The van der Waals surface area contributed by atoms with Gasteiger partial charge in [-0.15, -0.1) is 0 Å². The molecule has 0 atom stereocenters. The third-order valence-electron chi connectivity index (χ3n) is 3.73. The normalized spacial score (nSPS) is 11.8. The second kappa shape index (κ2) is 3.05. The van der Waals surface area contributed by atoms with E-state index >= 15 is 0 Å². The Balaban J connectivity index is 2.47. The van der Waals surface area contributed by atoms with E-state index in [2.05, 4.69) is 36.4 Å². The molecule has 0 saturated heterocycles. The lowest BCUT2D eigenvalue weighted by atomic mass is 9.93. The van der Waals surface area contributed by atoms with E-state index in [-0.39, 0.29) is 0 Å². The molecule has 0 aromatic heterocycles. The van der Waals surface area contributed by atoms with Crippen molar-refractivity contribution in [2.45, 2.75) is 0 Å². The number of benzene rings is 4. The van der Waals surface area contributed by atoms with Gasteiger partial charge in [0.1, 0.15) is 0 Å². The molecule has 4 aromatic carbocycles. The second-order valence-corrected chi connectivity index (χ2v) is 4.73. The van der Waals surface area contributed by atoms with Crippen molar-refractivity contribution in [2.24, 2.45) is 0 Å². The van der Waals surface area contributed by atoms with Crippen LogP contribution < -0.4 is 11.5 Å². The molecule has 0 fully saturated rings. The molecule has 0 heterocycles. The maximum atomic E-state index is 6.07. The maximum absolute atomic E-state index is 6.07. The lowest BCUT2D eigenvalue weighted by Gasteiger charge is -2.13. The fourth-order valence-corrected chi connectivity index (χ4v) is 2.85.